The van der Waals surface area contributed by atoms with E-state index in [4.69, 9.17) is 4.74 Å². The van der Waals surface area contributed by atoms with Crippen LogP contribution in [-0.2, 0) is 6.54 Å². The van der Waals surface area contributed by atoms with E-state index in [2.05, 4.69) is 44.4 Å². The first-order valence-corrected chi connectivity index (χ1v) is 10.9. The van der Waals surface area contributed by atoms with E-state index in [0.717, 1.165) is 38.4 Å². The Morgan fingerprint density at radius 1 is 1.00 bits per heavy atom. The number of rotatable bonds is 8. The fraction of sp³-hybridized carbons (Fsp3) is 0.280. The summed E-state index contributed by atoms with van der Waals surface area (Å²) >= 11 is 0. The molecule has 3 aromatic rings. The van der Waals surface area contributed by atoms with Crippen LogP contribution in [0.3, 0.4) is 0 Å². The highest BCUT2D eigenvalue weighted by Crippen LogP contribution is 2.32. The summed E-state index contributed by atoms with van der Waals surface area (Å²) < 4.78 is 5.68. The van der Waals surface area contributed by atoms with Crippen LogP contribution in [0, 0.1) is 0 Å². The molecule has 0 atom stereocenters. The number of piperazine rings is 1. The van der Waals surface area contributed by atoms with Gasteiger partial charge in [-0.15, -0.1) is 0 Å². The zero-order valence-electron chi connectivity index (χ0n) is 18.2. The number of nitrogens with zero attached hydrogens (tertiary/aromatic N) is 3. The first-order chi connectivity index (χ1) is 15.7. The van der Waals surface area contributed by atoms with Crippen LogP contribution in [0.4, 0.5) is 17.2 Å². The van der Waals surface area contributed by atoms with E-state index >= 15 is 0 Å². The maximum absolute atomic E-state index is 12.2. The van der Waals surface area contributed by atoms with Crippen LogP contribution >= 0.6 is 0 Å². The first kappa shape index (κ1) is 21.6. The maximum Gasteiger partial charge on any atom is 0.341 e. The average molecular weight is 433 g/mol. The zero-order chi connectivity index (χ0) is 22.3. The molecule has 0 amide bonds. The van der Waals surface area contributed by atoms with Crippen LogP contribution in [0.1, 0.15) is 22.8 Å². The molecule has 0 unspecified atom stereocenters. The highest BCUT2D eigenvalue weighted by atomic mass is 16.5. The van der Waals surface area contributed by atoms with Crippen LogP contribution in [0.15, 0.2) is 66.9 Å². The minimum atomic E-state index is -1.00. The van der Waals surface area contributed by atoms with Crippen LogP contribution < -0.4 is 15.0 Å². The molecule has 0 saturated carbocycles. The number of anilines is 3. The molecule has 7 heteroatoms. The molecule has 1 aromatic heterocycles. The summed E-state index contributed by atoms with van der Waals surface area (Å²) in [7, 11) is 0. The second-order valence-electron chi connectivity index (χ2n) is 7.67. The van der Waals surface area contributed by atoms with E-state index in [1.54, 1.807) is 12.3 Å². The molecular formula is C25H28N4O3. The Morgan fingerprint density at radius 3 is 2.44 bits per heavy atom. The molecule has 0 radical (unpaired) electrons. The average Bonchev–Trinajstić information content (AvgIpc) is 2.81. The highest BCUT2D eigenvalue weighted by molar-refractivity contribution is 6.00. The molecule has 7 nitrogen and oxygen atoms in total. The third kappa shape index (κ3) is 5.00. The number of carboxylic acids is 1. The van der Waals surface area contributed by atoms with Gasteiger partial charge in [-0.3, -0.25) is 4.90 Å². The lowest BCUT2D eigenvalue weighted by molar-refractivity contribution is 0.0698. The first-order valence-electron chi connectivity index (χ1n) is 10.9. The highest BCUT2D eigenvalue weighted by Gasteiger charge is 2.25. The van der Waals surface area contributed by atoms with Gasteiger partial charge < -0.3 is 20.1 Å². The summed E-state index contributed by atoms with van der Waals surface area (Å²) in [6.07, 6.45) is 1.66. The second kappa shape index (κ2) is 10.2. The molecule has 0 aliphatic carbocycles. The second-order valence-corrected chi connectivity index (χ2v) is 7.67. The third-order valence-electron chi connectivity index (χ3n) is 5.52. The van der Waals surface area contributed by atoms with Crippen LogP contribution in [0.5, 0.6) is 5.75 Å². The molecule has 1 aliphatic rings. The van der Waals surface area contributed by atoms with Gasteiger partial charge in [-0.05, 0) is 30.7 Å². The quantitative estimate of drug-likeness (QED) is 0.551. The number of ether oxygens (including phenoxy) is 1. The number of para-hydroxylation sites is 2. The summed E-state index contributed by atoms with van der Waals surface area (Å²) in [5.74, 6) is 0.172. The van der Waals surface area contributed by atoms with Crippen molar-refractivity contribution in [2.24, 2.45) is 0 Å². The van der Waals surface area contributed by atoms with Crippen molar-refractivity contribution in [3.8, 4) is 5.75 Å². The number of aromatic carboxylic acids is 1. The third-order valence-corrected chi connectivity index (χ3v) is 5.52. The van der Waals surface area contributed by atoms with Gasteiger partial charge in [0, 0.05) is 38.9 Å². The number of carbonyl (C=O) groups is 1. The van der Waals surface area contributed by atoms with Crippen LogP contribution in [0.25, 0.3) is 0 Å². The molecule has 0 bridgehead atoms. The van der Waals surface area contributed by atoms with Crippen molar-refractivity contribution >= 4 is 23.2 Å². The Kier molecular flexibility index (Phi) is 6.87. The van der Waals surface area contributed by atoms with Gasteiger partial charge in [-0.25, -0.2) is 9.78 Å². The van der Waals surface area contributed by atoms with E-state index in [1.807, 2.05) is 37.3 Å². The standard InChI is InChI=1S/C25H28N4O3/c1-2-32-22-11-7-6-10-20(22)27-21-12-13-26-24(23(21)25(30)31)29-16-14-28(15-17-29)18-19-8-4-3-5-9-19/h3-13H,2,14-18H2,1H3,(H,26,27)(H,30,31). The molecule has 1 saturated heterocycles. The number of hydrogen-bond acceptors (Lipinski definition) is 6. The predicted molar refractivity (Wildman–Crippen MR) is 126 cm³/mol. The molecule has 32 heavy (non-hydrogen) atoms. The Balaban J connectivity index is 1.52. The van der Waals surface area contributed by atoms with Crippen molar-refractivity contribution < 1.29 is 14.6 Å². The minimum Gasteiger partial charge on any atom is -0.492 e. The van der Waals surface area contributed by atoms with Gasteiger partial charge in [-0.2, -0.15) is 0 Å². The number of carboxylic acid groups (broad SMARTS) is 1. The Bertz CT molecular complexity index is 1050. The Hall–Kier alpha value is -3.58. The Morgan fingerprint density at radius 2 is 1.72 bits per heavy atom. The van der Waals surface area contributed by atoms with Gasteiger partial charge in [0.1, 0.15) is 17.1 Å². The number of pyridine rings is 1. The van der Waals surface area contributed by atoms with Gasteiger partial charge in [-0.1, -0.05) is 42.5 Å². The fourth-order valence-corrected chi connectivity index (χ4v) is 3.96. The number of benzene rings is 2. The smallest absolute Gasteiger partial charge is 0.341 e. The largest absolute Gasteiger partial charge is 0.492 e. The lowest BCUT2D eigenvalue weighted by atomic mass is 10.1. The number of nitrogens with one attached hydrogen (secondary N) is 1. The molecule has 0 spiro atoms. The molecule has 2 N–H and O–H groups in total. The molecule has 1 fully saturated rings. The van der Waals surface area contributed by atoms with Gasteiger partial charge >= 0.3 is 5.97 Å². The van der Waals surface area contributed by atoms with E-state index in [-0.39, 0.29) is 5.56 Å². The SMILES string of the molecule is CCOc1ccccc1Nc1ccnc(N2CCN(Cc3ccccc3)CC2)c1C(=O)O. The fourth-order valence-electron chi connectivity index (χ4n) is 3.96. The van der Waals surface area contributed by atoms with Crippen LogP contribution in [-0.4, -0.2) is 53.7 Å². The molecule has 4 rings (SSSR count). The molecule has 1 aliphatic heterocycles. The zero-order valence-corrected chi connectivity index (χ0v) is 18.2. The summed E-state index contributed by atoms with van der Waals surface area (Å²) in [5, 5.41) is 13.3. The van der Waals surface area contributed by atoms with Crippen molar-refractivity contribution in [1.82, 2.24) is 9.88 Å². The molecule has 166 valence electrons. The Labute approximate surface area is 188 Å². The van der Waals surface area contributed by atoms with Crippen molar-refractivity contribution in [3.63, 3.8) is 0 Å². The lowest BCUT2D eigenvalue weighted by Gasteiger charge is -2.36. The monoisotopic (exact) mass is 432 g/mol. The van der Waals surface area contributed by atoms with E-state index in [0.29, 0.717) is 23.9 Å². The summed E-state index contributed by atoms with van der Waals surface area (Å²) in [6, 6.07) is 19.6. The van der Waals surface area contributed by atoms with E-state index in [1.165, 1.54) is 5.56 Å². The summed E-state index contributed by atoms with van der Waals surface area (Å²) in [6.45, 7) is 6.48. The molecule has 2 heterocycles. The van der Waals surface area contributed by atoms with Crippen molar-refractivity contribution in [1.29, 1.82) is 0 Å². The normalized spacial score (nSPS) is 14.2. The van der Waals surface area contributed by atoms with Gasteiger partial charge in [0.25, 0.3) is 0 Å². The minimum absolute atomic E-state index is 0.176. The van der Waals surface area contributed by atoms with Gasteiger partial charge in [0.05, 0.1) is 18.0 Å². The topological polar surface area (TPSA) is 77.9 Å². The lowest BCUT2D eigenvalue weighted by Crippen LogP contribution is -2.46. The van der Waals surface area contributed by atoms with E-state index in [9.17, 15) is 9.90 Å². The summed E-state index contributed by atoms with van der Waals surface area (Å²) in [5.41, 5.74) is 2.68. The van der Waals surface area contributed by atoms with Gasteiger partial charge in [0.15, 0.2) is 0 Å². The van der Waals surface area contributed by atoms with E-state index < -0.39 is 5.97 Å². The molecular weight excluding hydrogens is 404 g/mol. The predicted octanol–water partition coefficient (Wildman–Crippen LogP) is 4.24. The summed E-state index contributed by atoms with van der Waals surface area (Å²) in [4.78, 5) is 21.1. The van der Waals surface area contributed by atoms with Crippen LogP contribution in [0.2, 0.25) is 0 Å². The van der Waals surface area contributed by atoms with Crippen molar-refractivity contribution in [2.75, 3.05) is 43.0 Å². The van der Waals surface area contributed by atoms with Crippen molar-refractivity contribution in [2.45, 2.75) is 13.5 Å². The van der Waals surface area contributed by atoms with Crippen molar-refractivity contribution in [3.05, 3.63) is 78.0 Å². The van der Waals surface area contributed by atoms with Gasteiger partial charge in [0.2, 0.25) is 0 Å². The maximum atomic E-state index is 12.2. The number of aromatic nitrogens is 1. The molecule has 2 aromatic carbocycles. The number of hydrogen-bond donors (Lipinski definition) is 2.